The molecule has 1 saturated heterocycles. The average molecular weight is 208 g/mol. The minimum absolute atomic E-state index is 0.106. The third-order valence-corrected chi connectivity index (χ3v) is 2.00. The molecule has 1 fully saturated rings. The van der Waals surface area contributed by atoms with Crippen LogP contribution in [0.1, 0.15) is 5.56 Å². The summed E-state index contributed by atoms with van der Waals surface area (Å²) in [5, 5.41) is 0. The predicted molar refractivity (Wildman–Crippen MR) is 51.9 cm³/mol. The van der Waals surface area contributed by atoms with Gasteiger partial charge in [-0.1, -0.05) is 30.3 Å². The summed E-state index contributed by atoms with van der Waals surface area (Å²) < 4.78 is 4.89. The zero-order chi connectivity index (χ0) is 10.5. The van der Waals surface area contributed by atoms with Crippen LogP contribution in [0, 0.1) is 0 Å². The first-order valence-corrected chi connectivity index (χ1v) is 4.82. The highest BCUT2D eigenvalue weighted by molar-refractivity contribution is 5.71. The van der Waals surface area contributed by atoms with Gasteiger partial charge in [0.25, 0.3) is 0 Å². The van der Waals surface area contributed by atoms with Gasteiger partial charge in [0.1, 0.15) is 12.7 Å². The number of hydrogen-bond acceptors (Lipinski definition) is 4. The molecule has 0 saturated carbocycles. The first kappa shape index (κ1) is 10.1. The van der Waals surface area contributed by atoms with Crippen LogP contribution in [0.25, 0.3) is 0 Å². The third kappa shape index (κ3) is 3.69. The van der Waals surface area contributed by atoms with E-state index in [2.05, 4.69) is 4.89 Å². The molecule has 0 bridgehead atoms. The number of ether oxygens (including phenoxy) is 1. The Morgan fingerprint density at radius 2 is 2.13 bits per heavy atom. The van der Waals surface area contributed by atoms with Gasteiger partial charge in [-0.2, -0.15) is 4.89 Å². The van der Waals surface area contributed by atoms with E-state index in [1.165, 1.54) is 0 Å². The molecule has 15 heavy (non-hydrogen) atoms. The van der Waals surface area contributed by atoms with Crippen LogP contribution in [-0.4, -0.2) is 25.3 Å². The van der Waals surface area contributed by atoms with E-state index in [4.69, 9.17) is 9.62 Å². The molecule has 2 rings (SSSR count). The number of carbonyl (C=O) groups excluding carboxylic acids is 1. The Morgan fingerprint density at radius 1 is 1.40 bits per heavy atom. The fourth-order valence-corrected chi connectivity index (χ4v) is 1.13. The number of carbonyl (C=O) groups is 1. The van der Waals surface area contributed by atoms with Gasteiger partial charge in [0.05, 0.1) is 13.0 Å². The van der Waals surface area contributed by atoms with Crippen LogP contribution < -0.4 is 0 Å². The quantitative estimate of drug-likeness (QED) is 0.413. The largest absolute Gasteiger partial charge is 0.370 e. The average Bonchev–Trinajstić information content (AvgIpc) is 3.03. The minimum atomic E-state index is -0.387. The standard InChI is InChI=1S/C11H12O4/c12-11(15-14-8-10-7-13-10)6-9-4-2-1-3-5-9/h1-5,10H,6-8H2. The van der Waals surface area contributed by atoms with Gasteiger partial charge in [0.2, 0.25) is 0 Å². The van der Waals surface area contributed by atoms with Crippen LogP contribution >= 0.6 is 0 Å². The molecule has 1 aromatic carbocycles. The van der Waals surface area contributed by atoms with Crippen LogP contribution in [0.4, 0.5) is 0 Å². The molecule has 1 aliphatic heterocycles. The fraction of sp³-hybridized carbons (Fsp3) is 0.364. The van der Waals surface area contributed by atoms with Crippen LogP contribution in [0.3, 0.4) is 0 Å². The summed E-state index contributed by atoms with van der Waals surface area (Å²) in [7, 11) is 0. The Bertz CT molecular complexity index is 319. The van der Waals surface area contributed by atoms with Crippen molar-refractivity contribution in [1.29, 1.82) is 0 Å². The summed E-state index contributed by atoms with van der Waals surface area (Å²) in [6, 6.07) is 9.38. The van der Waals surface area contributed by atoms with Crippen LogP contribution in [0.15, 0.2) is 30.3 Å². The first-order valence-electron chi connectivity index (χ1n) is 4.82. The van der Waals surface area contributed by atoms with Gasteiger partial charge >= 0.3 is 5.97 Å². The smallest absolute Gasteiger partial charge is 0.346 e. The van der Waals surface area contributed by atoms with Gasteiger partial charge in [-0.05, 0) is 5.56 Å². The number of hydrogen-bond donors (Lipinski definition) is 0. The second-order valence-electron chi connectivity index (χ2n) is 3.36. The maximum absolute atomic E-state index is 11.2. The highest BCUT2D eigenvalue weighted by atomic mass is 17.2. The number of epoxide rings is 1. The molecular formula is C11H12O4. The maximum atomic E-state index is 11.2. The van der Waals surface area contributed by atoms with Crippen molar-refractivity contribution >= 4 is 5.97 Å². The molecule has 0 aliphatic carbocycles. The summed E-state index contributed by atoms with van der Waals surface area (Å²) >= 11 is 0. The third-order valence-electron chi connectivity index (χ3n) is 2.00. The highest BCUT2D eigenvalue weighted by Gasteiger charge is 2.23. The Hall–Kier alpha value is -1.39. The molecule has 1 atom stereocenters. The van der Waals surface area contributed by atoms with Gasteiger partial charge in [0.15, 0.2) is 0 Å². The first-order chi connectivity index (χ1) is 7.34. The normalized spacial score (nSPS) is 18.5. The molecule has 0 spiro atoms. The molecule has 0 N–H and O–H groups in total. The fourth-order valence-electron chi connectivity index (χ4n) is 1.13. The van der Waals surface area contributed by atoms with Crippen LogP contribution in [0.2, 0.25) is 0 Å². The molecule has 1 heterocycles. The minimum Gasteiger partial charge on any atom is -0.370 e. The molecule has 0 aromatic heterocycles. The maximum Gasteiger partial charge on any atom is 0.346 e. The topological polar surface area (TPSA) is 48.1 Å². The van der Waals surface area contributed by atoms with Crippen molar-refractivity contribution in [3.63, 3.8) is 0 Å². The molecule has 1 aliphatic rings. The van der Waals surface area contributed by atoms with Crippen molar-refractivity contribution in [1.82, 2.24) is 0 Å². The summed E-state index contributed by atoms with van der Waals surface area (Å²) in [6.07, 6.45) is 0.335. The lowest BCUT2D eigenvalue weighted by atomic mass is 10.2. The second kappa shape index (κ2) is 4.91. The molecule has 1 unspecified atom stereocenters. The monoisotopic (exact) mass is 208 g/mol. The SMILES string of the molecule is O=C(Cc1ccccc1)OOCC1CO1. The van der Waals surface area contributed by atoms with E-state index in [-0.39, 0.29) is 18.5 Å². The van der Waals surface area contributed by atoms with E-state index >= 15 is 0 Å². The van der Waals surface area contributed by atoms with Gasteiger partial charge in [0, 0.05) is 0 Å². The van der Waals surface area contributed by atoms with E-state index in [1.54, 1.807) is 0 Å². The van der Waals surface area contributed by atoms with Gasteiger partial charge in [-0.3, -0.25) is 4.89 Å². The van der Waals surface area contributed by atoms with Crippen molar-refractivity contribution in [3.05, 3.63) is 35.9 Å². The molecule has 0 radical (unpaired) electrons. The summed E-state index contributed by atoms with van der Waals surface area (Å²) in [5.74, 6) is -0.387. The Balaban J connectivity index is 1.67. The van der Waals surface area contributed by atoms with Crippen molar-refractivity contribution < 1.29 is 19.3 Å². The van der Waals surface area contributed by atoms with Crippen molar-refractivity contribution in [2.45, 2.75) is 12.5 Å². The predicted octanol–water partition coefficient (Wildman–Crippen LogP) is 1.10. The second-order valence-corrected chi connectivity index (χ2v) is 3.36. The summed E-state index contributed by atoms with van der Waals surface area (Å²) in [5.41, 5.74) is 0.911. The lowest BCUT2D eigenvalue weighted by Gasteiger charge is -2.01. The zero-order valence-electron chi connectivity index (χ0n) is 8.22. The lowest BCUT2D eigenvalue weighted by molar-refractivity contribution is -0.273. The molecule has 4 heteroatoms. The van der Waals surface area contributed by atoms with Crippen LogP contribution in [0.5, 0.6) is 0 Å². The van der Waals surface area contributed by atoms with E-state index < -0.39 is 0 Å². The lowest BCUT2D eigenvalue weighted by Crippen LogP contribution is -2.11. The van der Waals surface area contributed by atoms with E-state index in [1.807, 2.05) is 30.3 Å². The van der Waals surface area contributed by atoms with Gasteiger partial charge < -0.3 is 4.74 Å². The van der Waals surface area contributed by atoms with Crippen molar-refractivity contribution in [3.8, 4) is 0 Å². The number of benzene rings is 1. The molecule has 4 nitrogen and oxygen atoms in total. The molecular weight excluding hydrogens is 196 g/mol. The Kier molecular flexibility index (Phi) is 3.32. The summed E-state index contributed by atoms with van der Waals surface area (Å²) in [4.78, 5) is 20.5. The van der Waals surface area contributed by atoms with E-state index in [0.29, 0.717) is 13.2 Å². The van der Waals surface area contributed by atoms with Crippen LogP contribution in [-0.2, 0) is 25.7 Å². The van der Waals surface area contributed by atoms with Crippen molar-refractivity contribution in [2.24, 2.45) is 0 Å². The van der Waals surface area contributed by atoms with Crippen molar-refractivity contribution in [2.75, 3.05) is 13.2 Å². The van der Waals surface area contributed by atoms with E-state index in [0.717, 1.165) is 5.56 Å². The molecule has 80 valence electrons. The summed E-state index contributed by atoms with van der Waals surface area (Å²) in [6.45, 7) is 1.01. The molecule has 0 amide bonds. The van der Waals surface area contributed by atoms with Gasteiger partial charge in [-0.25, -0.2) is 4.79 Å². The molecule has 1 aromatic rings. The highest BCUT2D eigenvalue weighted by Crippen LogP contribution is 2.09. The Labute approximate surface area is 87.7 Å². The zero-order valence-corrected chi connectivity index (χ0v) is 8.22. The number of rotatable bonds is 5. The van der Waals surface area contributed by atoms with E-state index in [9.17, 15) is 4.79 Å². The van der Waals surface area contributed by atoms with Gasteiger partial charge in [-0.15, -0.1) is 0 Å². The Morgan fingerprint density at radius 3 is 2.80 bits per heavy atom.